The summed E-state index contributed by atoms with van der Waals surface area (Å²) in [5.74, 6) is -0.892. The molecular weight excluding hydrogens is 250 g/mol. The molecule has 3 nitrogen and oxygen atoms in total. The van der Waals surface area contributed by atoms with Crippen molar-refractivity contribution in [2.75, 3.05) is 18.4 Å². The van der Waals surface area contributed by atoms with Gasteiger partial charge in [0.05, 0.1) is 0 Å². The molecule has 5 heteroatoms. The molecule has 19 heavy (non-hydrogen) atoms. The van der Waals surface area contributed by atoms with Crippen LogP contribution >= 0.6 is 0 Å². The average Bonchev–Trinajstić information content (AvgIpc) is 2.32. The standard InChI is InChI=1S/C14H20F2N2O/c1-10(2)6-8-17-13(19)7-9-18-14-11(15)4-3-5-12(14)16/h3-5,10,18H,6-9H2,1-2H3,(H,17,19). The fraction of sp³-hybridized carbons (Fsp3) is 0.500. The molecule has 0 aromatic heterocycles. The van der Waals surface area contributed by atoms with Crippen molar-refractivity contribution in [1.29, 1.82) is 0 Å². The highest BCUT2D eigenvalue weighted by Crippen LogP contribution is 2.17. The summed E-state index contributed by atoms with van der Waals surface area (Å²) in [5.41, 5.74) is -0.183. The number of amides is 1. The highest BCUT2D eigenvalue weighted by Gasteiger charge is 2.08. The zero-order valence-electron chi connectivity index (χ0n) is 11.3. The van der Waals surface area contributed by atoms with E-state index in [1.165, 1.54) is 18.2 Å². The first kappa shape index (κ1) is 15.4. The first-order chi connectivity index (χ1) is 9.00. The van der Waals surface area contributed by atoms with Crippen LogP contribution < -0.4 is 10.6 Å². The summed E-state index contributed by atoms with van der Waals surface area (Å²) in [5, 5.41) is 5.36. The van der Waals surface area contributed by atoms with E-state index in [1.807, 2.05) is 0 Å². The quantitative estimate of drug-likeness (QED) is 0.800. The third-order valence-corrected chi connectivity index (χ3v) is 2.66. The molecular formula is C14H20F2N2O. The topological polar surface area (TPSA) is 41.1 Å². The van der Waals surface area contributed by atoms with Crippen LogP contribution in [0, 0.1) is 17.6 Å². The molecule has 0 aliphatic carbocycles. The second-order valence-electron chi connectivity index (χ2n) is 4.81. The second kappa shape index (κ2) is 7.71. The second-order valence-corrected chi connectivity index (χ2v) is 4.81. The fourth-order valence-corrected chi connectivity index (χ4v) is 1.56. The Balaban J connectivity index is 2.28. The minimum Gasteiger partial charge on any atom is -0.380 e. The molecule has 2 N–H and O–H groups in total. The molecule has 0 saturated heterocycles. The van der Waals surface area contributed by atoms with E-state index in [2.05, 4.69) is 24.5 Å². The minimum atomic E-state index is -0.653. The van der Waals surface area contributed by atoms with Gasteiger partial charge in [0.1, 0.15) is 17.3 Å². The van der Waals surface area contributed by atoms with Crippen molar-refractivity contribution in [3.8, 4) is 0 Å². The molecule has 1 rings (SSSR count). The molecule has 0 bridgehead atoms. The number of halogens is 2. The molecule has 0 fully saturated rings. The Bertz CT molecular complexity index is 402. The van der Waals surface area contributed by atoms with E-state index >= 15 is 0 Å². The summed E-state index contributed by atoms with van der Waals surface area (Å²) in [6.07, 6.45) is 1.10. The van der Waals surface area contributed by atoms with Crippen molar-refractivity contribution in [3.05, 3.63) is 29.8 Å². The molecule has 0 spiro atoms. The van der Waals surface area contributed by atoms with Gasteiger partial charge in [-0.3, -0.25) is 4.79 Å². The van der Waals surface area contributed by atoms with Crippen molar-refractivity contribution < 1.29 is 13.6 Å². The number of benzene rings is 1. The number of rotatable bonds is 7. The number of hydrogen-bond donors (Lipinski definition) is 2. The van der Waals surface area contributed by atoms with Gasteiger partial charge in [-0.25, -0.2) is 8.78 Å². The van der Waals surface area contributed by atoms with Gasteiger partial charge in [-0.15, -0.1) is 0 Å². The zero-order chi connectivity index (χ0) is 14.3. The lowest BCUT2D eigenvalue weighted by atomic mass is 10.1. The van der Waals surface area contributed by atoms with Crippen LogP contribution in [0.4, 0.5) is 14.5 Å². The molecule has 1 amide bonds. The van der Waals surface area contributed by atoms with Crippen LogP contribution in [0.3, 0.4) is 0 Å². The lowest BCUT2D eigenvalue weighted by Gasteiger charge is -2.09. The largest absolute Gasteiger partial charge is 0.380 e. The lowest BCUT2D eigenvalue weighted by Crippen LogP contribution is -2.27. The van der Waals surface area contributed by atoms with Gasteiger partial charge in [0, 0.05) is 19.5 Å². The van der Waals surface area contributed by atoms with Crippen molar-refractivity contribution >= 4 is 11.6 Å². The number of anilines is 1. The normalized spacial score (nSPS) is 10.6. The first-order valence-electron chi connectivity index (χ1n) is 6.45. The van der Waals surface area contributed by atoms with E-state index in [0.29, 0.717) is 12.5 Å². The molecule has 0 atom stereocenters. The lowest BCUT2D eigenvalue weighted by molar-refractivity contribution is -0.120. The highest BCUT2D eigenvalue weighted by atomic mass is 19.1. The Kier molecular flexibility index (Phi) is 6.25. The zero-order valence-corrected chi connectivity index (χ0v) is 11.3. The Morgan fingerprint density at radius 1 is 1.21 bits per heavy atom. The Labute approximate surface area is 112 Å². The van der Waals surface area contributed by atoms with Crippen LogP contribution in [0.1, 0.15) is 26.7 Å². The maximum atomic E-state index is 13.3. The van der Waals surface area contributed by atoms with E-state index in [9.17, 15) is 13.6 Å². The van der Waals surface area contributed by atoms with Crippen LogP contribution in [0.2, 0.25) is 0 Å². The summed E-state index contributed by atoms with van der Waals surface area (Å²) in [6, 6.07) is 3.65. The van der Waals surface area contributed by atoms with Crippen molar-refractivity contribution in [1.82, 2.24) is 5.32 Å². The van der Waals surface area contributed by atoms with Gasteiger partial charge in [-0.1, -0.05) is 19.9 Å². The Morgan fingerprint density at radius 3 is 2.42 bits per heavy atom. The molecule has 0 heterocycles. The van der Waals surface area contributed by atoms with Crippen LogP contribution in [0.15, 0.2) is 18.2 Å². The maximum Gasteiger partial charge on any atom is 0.221 e. The van der Waals surface area contributed by atoms with E-state index in [4.69, 9.17) is 0 Å². The van der Waals surface area contributed by atoms with Crippen LogP contribution in [0.5, 0.6) is 0 Å². The van der Waals surface area contributed by atoms with E-state index in [0.717, 1.165) is 6.42 Å². The van der Waals surface area contributed by atoms with Gasteiger partial charge in [-0.05, 0) is 24.5 Å². The number of para-hydroxylation sites is 1. The molecule has 0 aliphatic heterocycles. The van der Waals surface area contributed by atoms with Crippen LogP contribution in [-0.4, -0.2) is 19.0 Å². The third-order valence-electron chi connectivity index (χ3n) is 2.66. The number of carbonyl (C=O) groups is 1. The molecule has 0 radical (unpaired) electrons. The van der Waals surface area contributed by atoms with Crippen molar-refractivity contribution in [2.24, 2.45) is 5.92 Å². The summed E-state index contributed by atoms with van der Waals surface area (Å²) in [7, 11) is 0. The SMILES string of the molecule is CC(C)CCNC(=O)CCNc1c(F)cccc1F. The third kappa shape index (κ3) is 5.68. The fourth-order valence-electron chi connectivity index (χ4n) is 1.56. The molecule has 0 unspecified atom stereocenters. The Hall–Kier alpha value is -1.65. The van der Waals surface area contributed by atoms with Gasteiger partial charge in [0.25, 0.3) is 0 Å². The van der Waals surface area contributed by atoms with Crippen LogP contribution in [-0.2, 0) is 4.79 Å². The molecule has 1 aromatic carbocycles. The predicted octanol–water partition coefficient (Wildman–Crippen LogP) is 2.93. The van der Waals surface area contributed by atoms with Gasteiger partial charge < -0.3 is 10.6 Å². The summed E-state index contributed by atoms with van der Waals surface area (Å²) in [6.45, 7) is 4.99. The van der Waals surface area contributed by atoms with E-state index < -0.39 is 11.6 Å². The van der Waals surface area contributed by atoms with Crippen LogP contribution in [0.25, 0.3) is 0 Å². The van der Waals surface area contributed by atoms with E-state index in [-0.39, 0.29) is 24.6 Å². The predicted molar refractivity (Wildman–Crippen MR) is 71.9 cm³/mol. The summed E-state index contributed by atoms with van der Waals surface area (Å²) < 4.78 is 26.5. The van der Waals surface area contributed by atoms with Crippen molar-refractivity contribution in [2.45, 2.75) is 26.7 Å². The van der Waals surface area contributed by atoms with Gasteiger partial charge >= 0.3 is 0 Å². The first-order valence-corrected chi connectivity index (χ1v) is 6.45. The molecule has 106 valence electrons. The number of hydrogen-bond acceptors (Lipinski definition) is 2. The van der Waals surface area contributed by atoms with Crippen molar-refractivity contribution in [3.63, 3.8) is 0 Å². The number of carbonyl (C=O) groups excluding carboxylic acids is 1. The number of nitrogens with one attached hydrogen (secondary N) is 2. The monoisotopic (exact) mass is 270 g/mol. The van der Waals surface area contributed by atoms with Gasteiger partial charge in [0.2, 0.25) is 5.91 Å². The minimum absolute atomic E-state index is 0.120. The van der Waals surface area contributed by atoms with Gasteiger partial charge in [-0.2, -0.15) is 0 Å². The summed E-state index contributed by atoms with van der Waals surface area (Å²) >= 11 is 0. The molecule has 1 aromatic rings. The van der Waals surface area contributed by atoms with Gasteiger partial charge in [0.15, 0.2) is 0 Å². The average molecular weight is 270 g/mol. The summed E-state index contributed by atoms with van der Waals surface area (Å²) in [4.78, 5) is 11.4. The molecule has 0 saturated carbocycles. The molecule has 0 aliphatic rings. The van der Waals surface area contributed by atoms with E-state index in [1.54, 1.807) is 0 Å². The Morgan fingerprint density at radius 2 is 1.84 bits per heavy atom. The maximum absolute atomic E-state index is 13.3. The highest BCUT2D eigenvalue weighted by molar-refractivity contribution is 5.76. The smallest absolute Gasteiger partial charge is 0.221 e.